The molecule has 0 bridgehead atoms. The molecule has 0 amide bonds. The van der Waals surface area contributed by atoms with Gasteiger partial charge < -0.3 is 19.3 Å². The van der Waals surface area contributed by atoms with E-state index in [2.05, 4.69) is 0 Å². The van der Waals surface area contributed by atoms with Crippen molar-refractivity contribution in [2.75, 3.05) is 38.0 Å². The molecule has 0 fully saturated rings. The van der Waals surface area contributed by atoms with Crippen LogP contribution < -0.4 is 9.80 Å². The van der Waals surface area contributed by atoms with Gasteiger partial charge in [-0.1, -0.05) is 0 Å². The summed E-state index contributed by atoms with van der Waals surface area (Å²) < 4.78 is 10.9. The van der Waals surface area contributed by atoms with Crippen molar-refractivity contribution in [3.63, 3.8) is 0 Å². The third-order valence-electron chi connectivity index (χ3n) is 4.79. The molecule has 2 heterocycles. The largest absolute Gasteiger partial charge is 0.421 e. The number of rotatable bonds is 4. The highest BCUT2D eigenvalue weighted by molar-refractivity contribution is 6.24. The molecular weight excluding hydrogens is 356 g/mol. The van der Waals surface area contributed by atoms with Crippen LogP contribution in [-0.2, 0) is 19.1 Å². The van der Waals surface area contributed by atoms with Crippen LogP contribution in [0.1, 0.15) is 11.1 Å². The van der Waals surface area contributed by atoms with Crippen molar-refractivity contribution in [2.24, 2.45) is 0 Å². The van der Waals surface area contributed by atoms with Gasteiger partial charge in [0.15, 0.2) is 11.5 Å². The lowest BCUT2D eigenvalue weighted by atomic mass is 10.0. The molecule has 6 heteroatoms. The molecule has 2 aliphatic rings. The number of fused-ring (bicyclic) bond motifs is 1. The van der Waals surface area contributed by atoms with Gasteiger partial charge in [0, 0.05) is 50.7 Å². The van der Waals surface area contributed by atoms with Crippen molar-refractivity contribution in [3.05, 3.63) is 70.8 Å². The standard InChI is InChI=1S/C22H20N2O4/c1-23(2)15-9-5-13(6-10-15)19-17-18(22(26)27-19)20(28-21(17)25)14-7-11-16(12-8-14)24(3)4/h5-12H,1-4H3. The molecule has 2 aromatic rings. The number of hydrogen-bond donors (Lipinski definition) is 0. The van der Waals surface area contributed by atoms with Crippen molar-refractivity contribution in [2.45, 2.75) is 0 Å². The number of hydrogen-bond acceptors (Lipinski definition) is 6. The van der Waals surface area contributed by atoms with Crippen molar-refractivity contribution in [1.29, 1.82) is 0 Å². The Morgan fingerprint density at radius 1 is 0.571 bits per heavy atom. The van der Waals surface area contributed by atoms with E-state index >= 15 is 0 Å². The van der Waals surface area contributed by atoms with Crippen LogP contribution in [0.3, 0.4) is 0 Å². The summed E-state index contributed by atoms with van der Waals surface area (Å²) in [7, 11) is 7.76. The van der Waals surface area contributed by atoms with Gasteiger partial charge in [0.2, 0.25) is 0 Å². The van der Waals surface area contributed by atoms with E-state index in [0.29, 0.717) is 11.1 Å². The molecule has 0 saturated heterocycles. The van der Waals surface area contributed by atoms with Gasteiger partial charge in [0.25, 0.3) is 0 Å². The molecular formula is C22H20N2O4. The van der Waals surface area contributed by atoms with E-state index in [9.17, 15) is 9.59 Å². The highest BCUT2D eigenvalue weighted by Crippen LogP contribution is 2.43. The Balaban J connectivity index is 1.78. The fourth-order valence-electron chi connectivity index (χ4n) is 3.23. The summed E-state index contributed by atoms with van der Waals surface area (Å²) in [4.78, 5) is 29.0. The predicted octanol–water partition coefficient (Wildman–Crippen LogP) is 3.05. The van der Waals surface area contributed by atoms with E-state index < -0.39 is 11.9 Å². The van der Waals surface area contributed by atoms with Crippen molar-refractivity contribution < 1.29 is 19.1 Å². The highest BCUT2D eigenvalue weighted by atomic mass is 16.6. The van der Waals surface area contributed by atoms with E-state index in [4.69, 9.17) is 9.47 Å². The van der Waals surface area contributed by atoms with E-state index in [0.717, 1.165) is 11.4 Å². The zero-order valence-corrected chi connectivity index (χ0v) is 16.1. The Kier molecular flexibility index (Phi) is 4.19. The van der Waals surface area contributed by atoms with Crippen molar-refractivity contribution in [3.8, 4) is 0 Å². The van der Waals surface area contributed by atoms with Gasteiger partial charge in [-0.25, -0.2) is 9.59 Å². The van der Waals surface area contributed by atoms with Crippen LogP contribution in [0.2, 0.25) is 0 Å². The number of ether oxygens (including phenoxy) is 2. The first-order valence-electron chi connectivity index (χ1n) is 8.85. The van der Waals surface area contributed by atoms with E-state index in [1.165, 1.54) is 0 Å². The quantitative estimate of drug-likeness (QED) is 0.765. The Hall–Kier alpha value is -3.54. The van der Waals surface area contributed by atoms with Gasteiger partial charge in [-0.05, 0) is 48.5 Å². The molecule has 0 aromatic heterocycles. The molecule has 0 radical (unpaired) electrons. The fourth-order valence-corrected chi connectivity index (χ4v) is 3.23. The number of carbonyl (C=O) groups excluding carboxylic acids is 2. The van der Waals surface area contributed by atoms with Gasteiger partial charge in [-0.3, -0.25) is 0 Å². The topological polar surface area (TPSA) is 59.1 Å². The summed E-state index contributed by atoms with van der Waals surface area (Å²) in [6.07, 6.45) is 0. The average molecular weight is 376 g/mol. The van der Waals surface area contributed by atoms with Gasteiger partial charge in [0.05, 0.1) is 0 Å². The molecule has 28 heavy (non-hydrogen) atoms. The minimum Gasteiger partial charge on any atom is -0.421 e. The molecule has 6 nitrogen and oxygen atoms in total. The van der Waals surface area contributed by atoms with Crippen LogP contribution in [0, 0.1) is 0 Å². The summed E-state index contributed by atoms with van der Waals surface area (Å²) in [6.45, 7) is 0. The highest BCUT2D eigenvalue weighted by Gasteiger charge is 2.45. The van der Waals surface area contributed by atoms with Gasteiger partial charge in [0.1, 0.15) is 11.1 Å². The molecule has 2 aromatic carbocycles. The number of cyclic esters (lactones) is 2. The summed E-state index contributed by atoms with van der Waals surface area (Å²) in [6, 6.07) is 14.9. The first kappa shape index (κ1) is 17.9. The molecule has 4 rings (SSSR count). The van der Waals surface area contributed by atoms with Crippen LogP contribution in [0.5, 0.6) is 0 Å². The Labute approximate surface area is 163 Å². The van der Waals surface area contributed by atoms with Crippen LogP contribution in [-0.4, -0.2) is 40.1 Å². The van der Waals surface area contributed by atoms with Crippen molar-refractivity contribution in [1.82, 2.24) is 0 Å². The second-order valence-electron chi connectivity index (χ2n) is 7.07. The lowest BCUT2D eigenvalue weighted by Gasteiger charge is -2.13. The fraction of sp³-hybridized carbons (Fsp3) is 0.182. The molecule has 0 aliphatic carbocycles. The number of benzene rings is 2. The third-order valence-corrected chi connectivity index (χ3v) is 4.79. The monoisotopic (exact) mass is 376 g/mol. The Bertz CT molecular complexity index is 944. The first-order chi connectivity index (χ1) is 13.4. The number of carbonyl (C=O) groups is 2. The third kappa shape index (κ3) is 2.83. The van der Waals surface area contributed by atoms with Crippen LogP contribution in [0.15, 0.2) is 59.7 Å². The molecule has 0 N–H and O–H groups in total. The maximum absolute atomic E-state index is 12.5. The van der Waals surface area contributed by atoms with E-state index in [1.54, 1.807) is 0 Å². The maximum atomic E-state index is 12.5. The minimum atomic E-state index is -0.570. The van der Waals surface area contributed by atoms with Crippen LogP contribution >= 0.6 is 0 Å². The van der Waals surface area contributed by atoms with Crippen molar-refractivity contribution >= 4 is 34.8 Å². The lowest BCUT2D eigenvalue weighted by molar-refractivity contribution is -0.131. The molecule has 0 saturated carbocycles. The SMILES string of the molecule is CN(C)c1ccc(C2=C3C(=O)OC(c4ccc(N(C)C)cc4)=C3C(=O)O2)cc1. The molecule has 0 atom stereocenters. The molecule has 0 spiro atoms. The second-order valence-corrected chi connectivity index (χ2v) is 7.07. The Morgan fingerprint density at radius 3 is 1.18 bits per heavy atom. The zero-order chi connectivity index (χ0) is 20.0. The molecule has 2 aliphatic heterocycles. The first-order valence-corrected chi connectivity index (χ1v) is 8.85. The number of nitrogens with zero attached hydrogens (tertiary/aromatic N) is 2. The lowest BCUT2D eigenvalue weighted by Crippen LogP contribution is -2.08. The average Bonchev–Trinajstić information content (AvgIpc) is 3.20. The zero-order valence-electron chi connectivity index (χ0n) is 16.1. The van der Waals surface area contributed by atoms with Crippen LogP contribution in [0.25, 0.3) is 11.5 Å². The summed E-state index contributed by atoms with van der Waals surface area (Å²) >= 11 is 0. The summed E-state index contributed by atoms with van der Waals surface area (Å²) in [5.74, 6) is -0.649. The number of esters is 2. The molecule has 0 unspecified atom stereocenters. The molecule has 142 valence electrons. The minimum absolute atomic E-state index is 0.189. The van der Waals surface area contributed by atoms with Gasteiger partial charge in [-0.15, -0.1) is 0 Å². The number of anilines is 2. The predicted molar refractivity (Wildman–Crippen MR) is 108 cm³/mol. The van der Waals surface area contributed by atoms with E-state index in [1.807, 2.05) is 86.5 Å². The summed E-state index contributed by atoms with van der Waals surface area (Å²) in [5, 5.41) is 0. The van der Waals surface area contributed by atoms with E-state index in [-0.39, 0.29) is 22.7 Å². The summed E-state index contributed by atoms with van der Waals surface area (Å²) in [5.41, 5.74) is 3.70. The van der Waals surface area contributed by atoms with Crippen LogP contribution in [0.4, 0.5) is 11.4 Å². The normalized spacial score (nSPS) is 15.6. The maximum Gasteiger partial charge on any atom is 0.348 e. The van der Waals surface area contributed by atoms with Gasteiger partial charge in [-0.2, -0.15) is 0 Å². The van der Waals surface area contributed by atoms with Gasteiger partial charge >= 0.3 is 11.9 Å². The Morgan fingerprint density at radius 2 is 0.893 bits per heavy atom. The second kappa shape index (κ2) is 6.56. The smallest absolute Gasteiger partial charge is 0.348 e.